The van der Waals surface area contributed by atoms with Crippen molar-refractivity contribution in [2.45, 2.75) is 75.9 Å². The molecule has 1 aromatic heterocycles. The Balaban J connectivity index is 1.32. The van der Waals surface area contributed by atoms with Crippen LogP contribution in [0.25, 0.3) is 6.08 Å². The molecule has 0 saturated carbocycles. The van der Waals surface area contributed by atoms with Crippen molar-refractivity contribution in [3.63, 3.8) is 0 Å². The van der Waals surface area contributed by atoms with Crippen molar-refractivity contribution >= 4 is 63.6 Å². The Bertz CT molecular complexity index is 1850. The highest BCUT2D eigenvalue weighted by Gasteiger charge is 2.28. The number of amides is 3. The Kier molecular flexibility index (Phi) is 13.1. The normalized spacial score (nSPS) is 13.6. The first-order valence-electron chi connectivity index (χ1n) is 17.1. The number of anilines is 2. The van der Waals surface area contributed by atoms with Crippen molar-refractivity contribution in [2.75, 3.05) is 17.2 Å². The van der Waals surface area contributed by atoms with Crippen molar-refractivity contribution in [1.29, 1.82) is 0 Å². The number of nitrogens with one attached hydrogen (secondary N) is 3. The fourth-order valence-electron chi connectivity index (χ4n) is 5.72. The monoisotopic (exact) mass is 709 g/mol. The van der Waals surface area contributed by atoms with E-state index in [1.807, 2.05) is 62.4 Å². The van der Waals surface area contributed by atoms with Gasteiger partial charge in [0.15, 0.2) is 0 Å². The molecule has 0 spiro atoms. The van der Waals surface area contributed by atoms with Crippen LogP contribution in [0.5, 0.6) is 0 Å². The summed E-state index contributed by atoms with van der Waals surface area (Å²) in [5.74, 6) is -1.47. The van der Waals surface area contributed by atoms with Crippen molar-refractivity contribution in [2.24, 2.45) is 0 Å². The van der Waals surface area contributed by atoms with Gasteiger partial charge in [0, 0.05) is 21.0 Å². The maximum atomic E-state index is 13.7. The zero-order chi connectivity index (χ0) is 35.5. The number of thioether (sulfide) groups is 1. The lowest BCUT2D eigenvalue weighted by atomic mass is 9.96. The molecule has 1 aliphatic carbocycles. The van der Waals surface area contributed by atoms with Crippen LogP contribution >= 0.6 is 23.1 Å². The van der Waals surface area contributed by atoms with Crippen LogP contribution in [0.4, 0.5) is 10.7 Å². The van der Waals surface area contributed by atoms with Gasteiger partial charge in [-0.3, -0.25) is 14.4 Å². The predicted molar refractivity (Wildman–Crippen MR) is 203 cm³/mol. The number of fused-ring (bicyclic) bond motifs is 1. The van der Waals surface area contributed by atoms with Crippen molar-refractivity contribution in [1.82, 2.24) is 5.32 Å². The number of carbonyl (C=O) groups is 4. The maximum Gasteiger partial charge on any atom is 0.341 e. The van der Waals surface area contributed by atoms with Gasteiger partial charge in [-0.2, -0.15) is 0 Å². The van der Waals surface area contributed by atoms with Gasteiger partial charge in [-0.05, 0) is 93.5 Å². The SMILES string of the molecule is CCOC(=O)c1c(NC(=O)C(CC)Sc2cccc(NC(=O)/C(=C\c3ccc(C)cc3)NC(=O)c3ccccc3)c2)sc2c1CCCCCC2. The maximum absolute atomic E-state index is 13.7. The summed E-state index contributed by atoms with van der Waals surface area (Å²) >= 11 is 2.88. The molecule has 5 rings (SSSR count). The van der Waals surface area contributed by atoms with Crippen molar-refractivity contribution in [3.05, 3.63) is 117 Å². The third kappa shape index (κ3) is 9.73. The zero-order valence-electron chi connectivity index (χ0n) is 28.7. The van der Waals surface area contributed by atoms with E-state index in [1.165, 1.54) is 23.1 Å². The van der Waals surface area contributed by atoms with Gasteiger partial charge in [-0.15, -0.1) is 23.1 Å². The quantitative estimate of drug-likeness (QED) is 0.0770. The smallest absolute Gasteiger partial charge is 0.341 e. The Hall–Kier alpha value is -4.67. The largest absolute Gasteiger partial charge is 0.462 e. The number of benzene rings is 3. The lowest BCUT2D eigenvalue weighted by Gasteiger charge is -2.16. The number of rotatable bonds is 12. The van der Waals surface area contributed by atoms with Gasteiger partial charge in [-0.1, -0.05) is 73.9 Å². The van der Waals surface area contributed by atoms with Gasteiger partial charge < -0.3 is 20.7 Å². The van der Waals surface area contributed by atoms with Crippen LogP contribution in [-0.4, -0.2) is 35.5 Å². The van der Waals surface area contributed by atoms with Gasteiger partial charge in [-0.25, -0.2) is 4.79 Å². The van der Waals surface area contributed by atoms with E-state index in [-0.39, 0.29) is 24.2 Å². The fraction of sp³-hybridized carbons (Fsp3) is 0.300. The lowest BCUT2D eigenvalue weighted by molar-refractivity contribution is -0.116. The molecule has 10 heteroatoms. The molecule has 1 atom stereocenters. The van der Waals surface area contributed by atoms with Crippen LogP contribution in [0.2, 0.25) is 0 Å². The minimum Gasteiger partial charge on any atom is -0.462 e. The molecular formula is C40H43N3O5S2. The summed E-state index contributed by atoms with van der Waals surface area (Å²) in [5.41, 5.74) is 4.40. The molecule has 0 bridgehead atoms. The number of hydrogen-bond donors (Lipinski definition) is 3. The molecule has 1 unspecified atom stereocenters. The van der Waals surface area contributed by atoms with E-state index in [0.29, 0.717) is 28.2 Å². The first-order chi connectivity index (χ1) is 24.2. The number of carbonyl (C=O) groups excluding carboxylic acids is 4. The molecule has 50 heavy (non-hydrogen) atoms. The van der Waals surface area contributed by atoms with Crippen molar-refractivity contribution in [3.8, 4) is 0 Å². The Morgan fingerprint density at radius 2 is 1.62 bits per heavy atom. The predicted octanol–water partition coefficient (Wildman–Crippen LogP) is 8.81. The summed E-state index contributed by atoms with van der Waals surface area (Å²) in [4.78, 5) is 55.4. The molecule has 0 radical (unpaired) electrons. The average Bonchev–Trinajstić information content (AvgIpc) is 3.43. The first-order valence-corrected chi connectivity index (χ1v) is 18.8. The van der Waals surface area contributed by atoms with E-state index in [1.54, 1.807) is 43.3 Å². The topological polar surface area (TPSA) is 114 Å². The Morgan fingerprint density at radius 1 is 0.880 bits per heavy atom. The summed E-state index contributed by atoms with van der Waals surface area (Å²) in [5, 5.41) is 8.88. The third-order valence-electron chi connectivity index (χ3n) is 8.34. The highest BCUT2D eigenvalue weighted by atomic mass is 32.2. The summed E-state index contributed by atoms with van der Waals surface area (Å²) < 4.78 is 5.42. The number of esters is 1. The minimum absolute atomic E-state index is 0.0917. The van der Waals surface area contributed by atoms with Crippen LogP contribution in [0.15, 0.2) is 89.5 Å². The van der Waals surface area contributed by atoms with Gasteiger partial charge in [0.05, 0.1) is 17.4 Å². The van der Waals surface area contributed by atoms with E-state index in [9.17, 15) is 19.2 Å². The lowest BCUT2D eigenvalue weighted by Crippen LogP contribution is -2.30. The molecular weight excluding hydrogens is 667 g/mol. The molecule has 1 aliphatic rings. The molecule has 260 valence electrons. The molecule has 3 amide bonds. The summed E-state index contributed by atoms with van der Waals surface area (Å²) in [6.07, 6.45) is 8.24. The van der Waals surface area contributed by atoms with Crippen LogP contribution in [-0.2, 0) is 27.2 Å². The second-order valence-corrected chi connectivity index (χ2v) is 14.5. The minimum atomic E-state index is -0.485. The van der Waals surface area contributed by atoms with Crippen LogP contribution in [0.3, 0.4) is 0 Å². The second kappa shape index (κ2) is 17.8. The number of ether oxygens (including phenoxy) is 1. The Morgan fingerprint density at radius 3 is 2.34 bits per heavy atom. The van der Waals surface area contributed by atoms with E-state index < -0.39 is 17.1 Å². The van der Waals surface area contributed by atoms with Gasteiger partial charge in [0.25, 0.3) is 11.8 Å². The second-order valence-electron chi connectivity index (χ2n) is 12.1. The molecule has 0 saturated heterocycles. The van der Waals surface area contributed by atoms with Gasteiger partial charge in [0.2, 0.25) is 5.91 Å². The highest BCUT2D eigenvalue weighted by Crippen LogP contribution is 2.38. The molecule has 4 aromatic rings. The molecule has 3 aromatic carbocycles. The van der Waals surface area contributed by atoms with E-state index >= 15 is 0 Å². The van der Waals surface area contributed by atoms with Gasteiger partial charge >= 0.3 is 5.97 Å². The van der Waals surface area contributed by atoms with Crippen LogP contribution in [0, 0.1) is 6.92 Å². The highest BCUT2D eigenvalue weighted by molar-refractivity contribution is 8.00. The molecule has 1 heterocycles. The molecule has 3 N–H and O–H groups in total. The third-order valence-corrected chi connectivity index (χ3v) is 10.9. The number of thiophene rings is 1. The summed E-state index contributed by atoms with van der Waals surface area (Å²) in [7, 11) is 0. The Labute approximate surface area is 302 Å². The van der Waals surface area contributed by atoms with Crippen molar-refractivity contribution < 1.29 is 23.9 Å². The summed E-state index contributed by atoms with van der Waals surface area (Å²) in [6, 6.07) is 23.6. The van der Waals surface area contributed by atoms with Crippen LogP contribution in [0.1, 0.15) is 88.2 Å². The van der Waals surface area contributed by atoms with Crippen LogP contribution < -0.4 is 16.0 Å². The summed E-state index contributed by atoms with van der Waals surface area (Å²) in [6.45, 7) is 5.97. The fourth-order valence-corrected chi connectivity index (χ4v) is 8.02. The standard InChI is InChI=1S/C40H43N3O5S2/c1-4-33(38(46)43-39-35(40(47)48-5-2)31-18-11-6-7-12-19-34(31)50-39)49-30-17-13-16-29(25-30)41-37(45)32(24-27-22-20-26(3)21-23-27)42-36(44)28-14-9-8-10-15-28/h8-10,13-17,20-25,33H,4-7,11-12,18-19H2,1-3H3,(H,41,45)(H,42,44)(H,43,46)/b32-24+. The first kappa shape index (κ1) is 36.6. The molecule has 8 nitrogen and oxygen atoms in total. The zero-order valence-corrected chi connectivity index (χ0v) is 30.3. The van der Waals surface area contributed by atoms with E-state index in [2.05, 4.69) is 16.0 Å². The van der Waals surface area contributed by atoms with E-state index in [0.717, 1.165) is 65.0 Å². The number of aryl methyl sites for hydroxylation is 2. The average molecular weight is 710 g/mol. The molecule has 0 fully saturated rings. The van der Waals surface area contributed by atoms with E-state index in [4.69, 9.17) is 4.74 Å². The number of hydrogen-bond acceptors (Lipinski definition) is 7. The molecule has 0 aliphatic heterocycles. The van der Waals surface area contributed by atoms with Gasteiger partial charge in [0.1, 0.15) is 10.7 Å².